The van der Waals surface area contributed by atoms with Crippen LogP contribution in [0.1, 0.15) is 20.3 Å². The molecule has 20 heavy (non-hydrogen) atoms. The highest BCUT2D eigenvalue weighted by Crippen LogP contribution is 2.19. The van der Waals surface area contributed by atoms with E-state index in [2.05, 4.69) is 10.6 Å². The summed E-state index contributed by atoms with van der Waals surface area (Å²) in [6, 6.07) is 0. The van der Waals surface area contributed by atoms with E-state index in [0.717, 1.165) is 0 Å². The average Bonchev–Trinajstić information content (AvgIpc) is 2.43. The predicted molar refractivity (Wildman–Crippen MR) is 70.6 cm³/mol. The summed E-state index contributed by atoms with van der Waals surface area (Å²) in [6.45, 7) is 2.25. The third-order valence-electron chi connectivity index (χ3n) is 2.79. The van der Waals surface area contributed by atoms with Gasteiger partial charge < -0.3 is 31.1 Å². The molecular weight excluding hydrogens is 268 g/mol. The number of hydrogen-bond donors (Lipinski definition) is 6. The second-order valence-electron chi connectivity index (χ2n) is 5.23. The first kappa shape index (κ1) is 18.8. The van der Waals surface area contributed by atoms with Gasteiger partial charge in [-0.2, -0.15) is 0 Å². The summed E-state index contributed by atoms with van der Waals surface area (Å²) in [4.78, 5) is 22.9. The Hall–Kier alpha value is -1.22. The summed E-state index contributed by atoms with van der Waals surface area (Å²) >= 11 is 0. The molecule has 0 saturated heterocycles. The summed E-state index contributed by atoms with van der Waals surface area (Å²) in [6.07, 6.45) is -2.40. The number of amides is 2. The molecule has 0 saturated carbocycles. The van der Waals surface area contributed by atoms with Crippen LogP contribution in [-0.4, -0.2) is 70.8 Å². The number of carbonyl (C=O) groups is 2. The number of hydrogen-bond acceptors (Lipinski definition) is 6. The van der Waals surface area contributed by atoms with Gasteiger partial charge in [0.25, 0.3) is 0 Å². The van der Waals surface area contributed by atoms with Crippen molar-refractivity contribution in [3.63, 3.8) is 0 Å². The molecule has 0 unspecified atom stereocenters. The quantitative estimate of drug-likeness (QED) is 0.274. The third kappa shape index (κ3) is 6.80. The van der Waals surface area contributed by atoms with Crippen LogP contribution in [0.4, 0.5) is 0 Å². The van der Waals surface area contributed by atoms with Gasteiger partial charge >= 0.3 is 0 Å². The highest BCUT2D eigenvalue weighted by molar-refractivity contribution is 5.82. The molecular formula is C12H24N2O6. The van der Waals surface area contributed by atoms with Crippen molar-refractivity contribution in [2.24, 2.45) is 5.41 Å². The fourth-order valence-corrected chi connectivity index (χ4v) is 1.22. The molecule has 0 radical (unpaired) electrons. The van der Waals surface area contributed by atoms with Crippen molar-refractivity contribution in [1.29, 1.82) is 0 Å². The van der Waals surface area contributed by atoms with E-state index in [4.69, 9.17) is 15.3 Å². The molecule has 118 valence electrons. The molecule has 0 rings (SSSR count). The van der Waals surface area contributed by atoms with Gasteiger partial charge in [0, 0.05) is 24.9 Å². The van der Waals surface area contributed by atoms with Gasteiger partial charge in [-0.3, -0.25) is 9.59 Å². The van der Waals surface area contributed by atoms with E-state index in [1.54, 1.807) is 13.8 Å². The minimum absolute atomic E-state index is 0.0177. The molecule has 0 spiro atoms. The van der Waals surface area contributed by atoms with Gasteiger partial charge in [0.05, 0.1) is 19.3 Å². The van der Waals surface area contributed by atoms with Gasteiger partial charge in [-0.05, 0) is 0 Å². The first-order chi connectivity index (χ1) is 9.24. The van der Waals surface area contributed by atoms with Crippen molar-refractivity contribution >= 4 is 11.8 Å². The molecule has 8 nitrogen and oxygen atoms in total. The van der Waals surface area contributed by atoms with E-state index in [0.29, 0.717) is 0 Å². The van der Waals surface area contributed by atoms with Crippen LogP contribution in [0.5, 0.6) is 0 Å². The lowest BCUT2D eigenvalue weighted by atomic mass is 9.87. The first-order valence-electron chi connectivity index (χ1n) is 6.37. The zero-order valence-corrected chi connectivity index (χ0v) is 11.8. The Bertz CT molecular complexity index is 321. The topological polar surface area (TPSA) is 139 Å². The SMILES string of the molecule is CC(C)(CO)[C@@H](O)C(=O)NCCC(=O)NC[C@@H](O)CO. The molecule has 0 heterocycles. The fourth-order valence-electron chi connectivity index (χ4n) is 1.22. The molecule has 8 heteroatoms. The number of nitrogens with one attached hydrogen (secondary N) is 2. The summed E-state index contributed by atoms with van der Waals surface area (Å²) in [7, 11) is 0. The number of aliphatic hydroxyl groups is 4. The van der Waals surface area contributed by atoms with Crippen LogP contribution in [0.25, 0.3) is 0 Å². The van der Waals surface area contributed by atoms with Crippen LogP contribution < -0.4 is 10.6 Å². The van der Waals surface area contributed by atoms with E-state index in [1.807, 2.05) is 0 Å². The number of rotatable bonds is 9. The zero-order valence-electron chi connectivity index (χ0n) is 11.8. The second-order valence-corrected chi connectivity index (χ2v) is 5.23. The van der Waals surface area contributed by atoms with Crippen molar-refractivity contribution in [3.8, 4) is 0 Å². The minimum atomic E-state index is -1.37. The molecule has 0 aromatic rings. The molecule has 2 atom stereocenters. The molecule has 0 aliphatic rings. The van der Waals surface area contributed by atoms with Crippen molar-refractivity contribution < 1.29 is 30.0 Å². The average molecular weight is 292 g/mol. The van der Waals surface area contributed by atoms with Crippen LogP contribution in [0.15, 0.2) is 0 Å². The smallest absolute Gasteiger partial charge is 0.249 e. The Balaban J connectivity index is 3.95. The maximum absolute atomic E-state index is 11.6. The lowest BCUT2D eigenvalue weighted by Crippen LogP contribution is -2.46. The second kappa shape index (κ2) is 8.85. The Morgan fingerprint density at radius 1 is 1.15 bits per heavy atom. The van der Waals surface area contributed by atoms with Crippen molar-refractivity contribution in [1.82, 2.24) is 10.6 Å². The van der Waals surface area contributed by atoms with Crippen LogP contribution >= 0.6 is 0 Å². The predicted octanol–water partition coefficient (Wildman–Crippen LogP) is -2.66. The van der Waals surface area contributed by atoms with Crippen LogP contribution in [0, 0.1) is 5.41 Å². The normalized spacial score (nSPS) is 14.5. The monoisotopic (exact) mass is 292 g/mol. The first-order valence-corrected chi connectivity index (χ1v) is 6.37. The molecule has 0 aromatic heterocycles. The summed E-state index contributed by atoms with van der Waals surface area (Å²) in [5, 5.41) is 41.0. The van der Waals surface area contributed by atoms with Gasteiger partial charge in [-0.1, -0.05) is 13.8 Å². The maximum Gasteiger partial charge on any atom is 0.249 e. The minimum Gasteiger partial charge on any atom is -0.396 e. The van der Waals surface area contributed by atoms with Gasteiger partial charge in [-0.25, -0.2) is 0 Å². The fraction of sp³-hybridized carbons (Fsp3) is 0.833. The molecule has 0 bridgehead atoms. The highest BCUT2D eigenvalue weighted by Gasteiger charge is 2.32. The van der Waals surface area contributed by atoms with Crippen molar-refractivity contribution in [3.05, 3.63) is 0 Å². The summed E-state index contributed by atoms with van der Waals surface area (Å²) in [5.41, 5.74) is -0.961. The standard InChI is InChI=1S/C12H24N2O6/c1-12(2,7-16)10(19)11(20)13-4-3-9(18)14-5-8(17)6-15/h8,10,15-17,19H,3-7H2,1-2H3,(H,13,20)(H,14,18)/t8-,10+/m1/s1. The Kier molecular flexibility index (Phi) is 8.31. The molecule has 2 amide bonds. The van der Waals surface area contributed by atoms with E-state index in [1.165, 1.54) is 0 Å². The Morgan fingerprint density at radius 2 is 1.75 bits per heavy atom. The molecule has 0 aromatic carbocycles. The summed E-state index contributed by atoms with van der Waals surface area (Å²) in [5.74, 6) is -1.05. The number of aliphatic hydroxyl groups excluding tert-OH is 4. The number of carbonyl (C=O) groups excluding carboxylic acids is 2. The van der Waals surface area contributed by atoms with Crippen LogP contribution in [0.3, 0.4) is 0 Å². The summed E-state index contributed by atoms with van der Waals surface area (Å²) < 4.78 is 0. The third-order valence-corrected chi connectivity index (χ3v) is 2.79. The largest absolute Gasteiger partial charge is 0.396 e. The van der Waals surface area contributed by atoms with Gasteiger partial charge in [0.1, 0.15) is 6.10 Å². The lowest BCUT2D eigenvalue weighted by Gasteiger charge is -2.27. The molecule has 0 aliphatic carbocycles. The van der Waals surface area contributed by atoms with Crippen molar-refractivity contribution in [2.45, 2.75) is 32.5 Å². The molecule has 0 fully saturated rings. The highest BCUT2D eigenvalue weighted by atomic mass is 16.3. The van der Waals surface area contributed by atoms with Gasteiger partial charge in [0.15, 0.2) is 0 Å². The molecule has 6 N–H and O–H groups in total. The van der Waals surface area contributed by atoms with Crippen LogP contribution in [0.2, 0.25) is 0 Å². The van der Waals surface area contributed by atoms with Gasteiger partial charge in [0.2, 0.25) is 11.8 Å². The molecule has 0 aliphatic heterocycles. The zero-order chi connectivity index (χ0) is 15.8. The van der Waals surface area contributed by atoms with E-state index in [-0.39, 0.29) is 26.1 Å². The lowest BCUT2D eigenvalue weighted by molar-refractivity contribution is -0.137. The Labute approximate surface area is 117 Å². The van der Waals surface area contributed by atoms with Crippen molar-refractivity contribution in [2.75, 3.05) is 26.3 Å². The Morgan fingerprint density at radius 3 is 2.25 bits per heavy atom. The maximum atomic E-state index is 11.6. The van der Waals surface area contributed by atoms with E-state index in [9.17, 15) is 14.7 Å². The van der Waals surface area contributed by atoms with E-state index >= 15 is 0 Å². The van der Waals surface area contributed by atoms with E-state index < -0.39 is 36.0 Å². The van der Waals surface area contributed by atoms with Crippen LogP contribution in [-0.2, 0) is 9.59 Å². The van der Waals surface area contributed by atoms with Gasteiger partial charge in [-0.15, -0.1) is 0 Å².